The third-order valence-electron chi connectivity index (χ3n) is 5.10. The number of rotatable bonds is 3. The van der Waals surface area contributed by atoms with Crippen LogP contribution < -0.4 is 4.74 Å². The Kier molecular flexibility index (Phi) is 6.68. The van der Waals surface area contributed by atoms with Crippen LogP contribution >= 0.6 is 11.6 Å². The highest BCUT2D eigenvalue weighted by Gasteiger charge is 2.41. The lowest BCUT2D eigenvalue weighted by molar-refractivity contribution is -0.0912. The van der Waals surface area contributed by atoms with E-state index in [4.69, 9.17) is 21.1 Å². The van der Waals surface area contributed by atoms with Crippen LogP contribution in [0.5, 0.6) is 5.88 Å². The summed E-state index contributed by atoms with van der Waals surface area (Å²) in [5.74, 6) is -0.568. The Morgan fingerprint density at radius 2 is 2.13 bits per heavy atom. The van der Waals surface area contributed by atoms with Gasteiger partial charge in [0.15, 0.2) is 0 Å². The van der Waals surface area contributed by atoms with Gasteiger partial charge in [-0.2, -0.15) is 5.26 Å². The molecule has 1 aromatic heterocycles. The van der Waals surface area contributed by atoms with Gasteiger partial charge >= 0.3 is 6.09 Å². The van der Waals surface area contributed by atoms with Crippen LogP contribution in [0.3, 0.4) is 0 Å². The molecule has 3 atom stereocenters. The fourth-order valence-electron chi connectivity index (χ4n) is 3.32. The largest absolute Gasteiger partial charge is 0.468 e. The second-order valence-corrected chi connectivity index (χ2v) is 8.80. The zero-order valence-corrected chi connectivity index (χ0v) is 18.1. The maximum Gasteiger partial charge on any atom is 0.407 e. The van der Waals surface area contributed by atoms with Crippen LogP contribution in [0.1, 0.15) is 38.0 Å². The summed E-state index contributed by atoms with van der Waals surface area (Å²) in [6.07, 6.45) is -1.87. The van der Waals surface area contributed by atoms with Crippen molar-refractivity contribution >= 4 is 17.7 Å². The zero-order chi connectivity index (χ0) is 22.8. The first-order valence-electron chi connectivity index (χ1n) is 9.70. The summed E-state index contributed by atoms with van der Waals surface area (Å²) in [7, 11) is 0. The molecule has 1 aromatic carbocycles. The molecule has 31 heavy (non-hydrogen) atoms. The molecule has 0 radical (unpaired) electrons. The van der Waals surface area contributed by atoms with Gasteiger partial charge in [-0.1, -0.05) is 38.4 Å². The highest BCUT2D eigenvalue weighted by Crippen LogP contribution is 2.36. The average molecular weight is 448 g/mol. The zero-order valence-electron chi connectivity index (χ0n) is 17.4. The number of halogens is 2. The minimum atomic E-state index is -1.13. The fourth-order valence-corrected chi connectivity index (χ4v) is 3.44. The van der Waals surface area contributed by atoms with E-state index in [1.807, 2.05) is 26.8 Å². The molecule has 0 bridgehead atoms. The molecule has 1 saturated heterocycles. The Bertz CT molecular complexity index is 1000. The number of hydrogen-bond donors (Lipinski definition) is 1. The van der Waals surface area contributed by atoms with E-state index in [0.29, 0.717) is 5.56 Å². The minimum absolute atomic E-state index is 0.0362. The van der Waals surface area contributed by atoms with Crippen LogP contribution in [-0.2, 0) is 4.74 Å². The summed E-state index contributed by atoms with van der Waals surface area (Å²) >= 11 is 5.84. The lowest BCUT2D eigenvalue weighted by Gasteiger charge is -2.34. The summed E-state index contributed by atoms with van der Waals surface area (Å²) < 4.78 is 26.6. The first-order valence-corrected chi connectivity index (χ1v) is 10.1. The van der Waals surface area contributed by atoms with Crippen molar-refractivity contribution in [1.29, 1.82) is 5.26 Å². The van der Waals surface area contributed by atoms with E-state index in [-0.39, 0.29) is 29.6 Å². The molecule has 9 heteroatoms. The molecule has 1 N–H and O–H groups in total. The average Bonchev–Trinajstić information content (AvgIpc) is 2.91. The normalized spacial score (nSPS) is 21.8. The smallest absolute Gasteiger partial charge is 0.407 e. The number of pyridine rings is 1. The molecule has 0 spiro atoms. The van der Waals surface area contributed by atoms with E-state index < -0.39 is 35.6 Å². The van der Waals surface area contributed by atoms with Gasteiger partial charge in [0.05, 0.1) is 24.2 Å². The Labute approximate surface area is 185 Å². The van der Waals surface area contributed by atoms with E-state index >= 15 is 0 Å². The van der Waals surface area contributed by atoms with Gasteiger partial charge in [0.1, 0.15) is 29.7 Å². The second kappa shape index (κ2) is 9.08. The number of aromatic nitrogens is 1. The minimum Gasteiger partial charge on any atom is -0.468 e. The van der Waals surface area contributed by atoms with E-state index in [2.05, 4.69) is 4.98 Å². The van der Waals surface area contributed by atoms with Gasteiger partial charge in [0.25, 0.3) is 0 Å². The van der Waals surface area contributed by atoms with Crippen LogP contribution in [0.25, 0.3) is 0 Å². The Hall–Kier alpha value is -2.89. The molecule has 0 saturated carbocycles. The Morgan fingerprint density at radius 1 is 1.39 bits per heavy atom. The van der Waals surface area contributed by atoms with Crippen LogP contribution in [-0.4, -0.2) is 46.4 Å². The van der Waals surface area contributed by atoms with Crippen molar-refractivity contribution < 1.29 is 23.8 Å². The quantitative estimate of drug-likeness (QED) is 0.735. The maximum atomic E-state index is 14.3. The number of benzene rings is 1. The summed E-state index contributed by atoms with van der Waals surface area (Å²) in [5.41, 5.74) is 0.235. The molecule has 7 nitrogen and oxygen atoms in total. The predicted molar refractivity (Wildman–Crippen MR) is 111 cm³/mol. The van der Waals surface area contributed by atoms with Crippen molar-refractivity contribution in [1.82, 2.24) is 9.88 Å². The fraction of sp³-hybridized carbons (Fsp3) is 0.409. The van der Waals surface area contributed by atoms with Crippen molar-refractivity contribution in [2.45, 2.75) is 39.1 Å². The summed E-state index contributed by atoms with van der Waals surface area (Å²) in [4.78, 5) is 17.2. The molecule has 1 aliphatic heterocycles. The highest BCUT2D eigenvalue weighted by molar-refractivity contribution is 6.30. The molecule has 2 heterocycles. The molecular formula is C22H23ClFN3O4. The third-order valence-corrected chi connectivity index (χ3v) is 5.40. The standard InChI is InChI=1S/C22H23ClFN3O4/c1-22(2,3)18-12-27(21(28)29)11-17(30-20-14(10-25)5-4-8-26-20)19(31-18)13-6-7-15(23)16(24)9-13/h4-9,17-19H,11-12H2,1-3H3,(H,28,29)/t17-,18?,19+/m1/s1. The summed E-state index contributed by atoms with van der Waals surface area (Å²) in [5, 5.41) is 19.1. The first kappa shape index (κ1) is 22.8. The number of carboxylic acid groups (broad SMARTS) is 1. The van der Waals surface area contributed by atoms with Crippen LogP contribution in [0.2, 0.25) is 5.02 Å². The van der Waals surface area contributed by atoms with Crippen LogP contribution in [0.15, 0.2) is 36.5 Å². The van der Waals surface area contributed by atoms with Gasteiger partial charge in [-0.25, -0.2) is 14.2 Å². The SMILES string of the molecule is CC(C)(C)C1CN(C(=O)O)C[C@@H](Oc2ncccc2C#N)[C@H](c2ccc(Cl)c(F)c2)O1. The number of ether oxygens (including phenoxy) is 2. The van der Waals surface area contributed by atoms with Gasteiger partial charge in [0.2, 0.25) is 5.88 Å². The number of nitrogens with zero attached hydrogens (tertiary/aromatic N) is 3. The Balaban J connectivity index is 2.08. The molecule has 164 valence electrons. The monoisotopic (exact) mass is 447 g/mol. The van der Waals surface area contributed by atoms with Gasteiger partial charge in [0, 0.05) is 6.20 Å². The molecule has 0 aliphatic carbocycles. The number of nitriles is 1. The van der Waals surface area contributed by atoms with Crippen molar-refractivity contribution in [3.63, 3.8) is 0 Å². The molecule has 1 amide bonds. The molecule has 3 rings (SSSR count). The first-order chi connectivity index (χ1) is 14.6. The Morgan fingerprint density at radius 3 is 2.74 bits per heavy atom. The lowest BCUT2D eigenvalue weighted by atomic mass is 9.88. The molecular weight excluding hydrogens is 425 g/mol. The van der Waals surface area contributed by atoms with Gasteiger partial charge < -0.3 is 19.5 Å². The van der Waals surface area contributed by atoms with Gasteiger partial charge in [-0.3, -0.25) is 0 Å². The van der Waals surface area contributed by atoms with Crippen molar-refractivity contribution in [2.24, 2.45) is 5.41 Å². The number of carbonyl (C=O) groups is 1. The lowest BCUT2D eigenvalue weighted by Crippen LogP contribution is -2.43. The summed E-state index contributed by atoms with van der Waals surface area (Å²) in [6, 6.07) is 9.43. The van der Waals surface area contributed by atoms with E-state index in [1.54, 1.807) is 18.2 Å². The number of hydrogen-bond acceptors (Lipinski definition) is 5. The van der Waals surface area contributed by atoms with Crippen molar-refractivity contribution in [3.8, 4) is 11.9 Å². The van der Waals surface area contributed by atoms with Crippen molar-refractivity contribution in [3.05, 3.63) is 58.5 Å². The maximum absolute atomic E-state index is 14.3. The topological polar surface area (TPSA) is 95.7 Å². The van der Waals surface area contributed by atoms with E-state index in [9.17, 15) is 19.6 Å². The van der Waals surface area contributed by atoms with E-state index in [0.717, 1.165) is 0 Å². The van der Waals surface area contributed by atoms with Crippen LogP contribution in [0.4, 0.5) is 9.18 Å². The molecule has 2 aromatic rings. The molecule has 1 aliphatic rings. The van der Waals surface area contributed by atoms with E-state index in [1.165, 1.54) is 23.2 Å². The third kappa shape index (κ3) is 5.24. The van der Waals surface area contributed by atoms with Gasteiger partial charge in [-0.05, 0) is 35.2 Å². The van der Waals surface area contributed by atoms with Crippen molar-refractivity contribution in [2.75, 3.05) is 13.1 Å². The predicted octanol–water partition coefficient (Wildman–Crippen LogP) is 4.66. The number of amides is 1. The van der Waals surface area contributed by atoms with Gasteiger partial charge in [-0.15, -0.1) is 0 Å². The second-order valence-electron chi connectivity index (χ2n) is 8.40. The molecule has 1 unspecified atom stereocenters. The highest BCUT2D eigenvalue weighted by atomic mass is 35.5. The molecule has 1 fully saturated rings. The van der Waals surface area contributed by atoms with Crippen LogP contribution in [0, 0.1) is 22.6 Å². The summed E-state index contributed by atoms with van der Waals surface area (Å²) in [6.45, 7) is 5.86.